The molecule has 3 nitrogen and oxygen atoms in total. The van der Waals surface area contributed by atoms with E-state index in [2.05, 4.69) is 4.98 Å². The van der Waals surface area contributed by atoms with Gasteiger partial charge in [-0.15, -0.1) is 0 Å². The number of hydrogen-bond donors (Lipinski definition) is 1. The van der Waals surface area contributed by atoms with E-state index in [1.54, 1.807) is 0 Å². The minimum Gasteiger partial charge on any atom is -0.382 e. The predicted molar refractivity (Wildman–Crippen MR) is 83.1 cm³/mol. The number of nitrogens with zero attached hydrogens (tertiary/aromatic N) is 1. The molecule has 0 unspecified atom stereocenters. The minimum atomic E-state index is -1.14. The van der Waals surface area contributed by atoms with Gasteiger partial charge in [-0.3, -0.25) is 9.78 Å². The molecule has 1 aromatic heterocycles. The van der Waals surface area contributed by atoms with E-state index in [1.165, 1.54) is 0 Å². The van der Waals surface area contributed by atoms with Crippen LogP contribution in [0.4, 0.5) is 0 Å². The Hall–Kier alpha value is -1.74. The summed E-state index contributed by atoms with van der Waals surface area (Å²) >= 11 is 0. The number of para-hydroxylation sites is 1. The van der Waals surface area contributed by atoms with Crippen LogP contribution in [0.3, 0.4) is 0 Å². The molecule has 21 heavy (non-hydrogen) atoms. The predicted octanol–water partition coefficient (Wildman–Crippen LogP) is 3.43. The van der Waals surface area contributed by atoms with Crippen molar-refractivity contribution in [3.05, 3.63) is 42.1 Å². The van der Waals surface area contributed by atoms with Gasteiger partial charge in [0.05, 0.1) is 11.9 Å². The number of aliphatic hydroxyl groups is 1. The Morgan fingerprint density at radius 3 is 2.52 bits per heavy atom. The number of benzene rings is 1. The standard InChI is InChI=1S/C18H21NO2/c20-17(18(21)11-5-1-2-6-12-18)13-15-10-9-14-7-3-4-8-16(14)19-15/h3-4,7-10,21H,1-2,5-6,11-13H2. The van der Waals surface area contributed by atoms with Gasteiger partial charge >= 0.3 is 0 Å². The highest BCUT2D eigenvalue weighted by atomic mass is 16.3. The molecule has 1 heterocycles. The summed E-state index contributed by atoms with van der Waals surface area (Å²) in [6.07, 6.45) is 5.52. The van der Waals surface area contributed by atoms with Gasteiger partial charge in [0.2, 0.25) is 0 Å². The quantitative estimate of drug-likeness (QED) is 0.878. The van der Waals surface area contributed by atoms with E-state index in [0.29, 0.717) is 12.8 Å². The zero-order valence-electron chi connectivity index (χ0n) is 12.2. The fraction of sp³-hybridized carbons (Fsp3) is 0.444. The molecule has 110 valence electrons. The summed E-state index contributed by atoms with van der Waals surface area (Å²) in [7, 11) is 0. The third-order valence-electron chi connectivity index (χ3n) is 4.45. The molecule has 1 N–H and O–H groups in total. The Morgan fingerprint density at radius 2 is 1.76 bits per heavy atom. The molecule has 0 radical (unpaired) electrons. The van der Waals surface area contributed by atoms with Crippen LogP contribution in [-0.2, 0) is 11.2 Å². The Morgan fingerprint density at radius 1 is 1.05 bits per heavy atom. The zero-order valence-corrected chi connectivity index (χ0v) is 12.2. The van der Waals surface area contributed by atoms with Gasteiger partial charge in [0.25, 0.3) is 0 Å². The third-order valence-corrected chi connectivity index (χ3v) is 4.45. The van der Waals surface area contributed by atoms with E-state index in [4.69, 9.17) is 0 Å². The molecule has 1 aliphatic carbocycles. The molecule has 3 heteroatoms. The van der Waals surface area contributed by atoms with E-state index >= 15 is 0 Å². The molecule has 0 saturated heterocycles. The number of carbonyl (C=O) groups excluding carboxylic acids is 1. The van der Waals surface area contributed by atoms with Crippen LogP contribution < -0.4 is 0 Å². The first-order chi connectivity index (χ1) is 10.2. The molecule has 0 spiro atoms. The normalized spacial score (nSPS) is 18.3. The van der Waals surface area contributed by atoms with Crippen LogP contribution in [0.15, 0.2) is 36.4 Å². The molecule has 1 fully saturated rings. The monoisotopic (exact) mass is 283 g/mol. The smallest absolute Gasteiger partial charge is 0.170 e. The number of hydrogen-bond acceptors (Lipinski definition) is 3. The van der Waals surface area contributed by atoms with E-state index in [0.717, 1.165) is 42.3 Å². The molecule has 0 atom stereocenters. The lowest BCUT2D eigenvalue weighted by Crippen LogP contribution is -2.39. The Bertz CT molecular complexity index is 642. The highest BCUT2D eigenvalue weighted by molar-refractivity contribution is 5.89. The van der Waals surface area contributed by atoms with Crippen molar-refractivity contribution in [1.82, 2.24) is 4.98 Å². The summed E-state index contributed by atoms with van der Waals surface area (Å²) in [6.45, 7) is 0. The van der Waals surface area contributed by atoms with Crippen molar-refractivity contribution in [2.45, 2.75) is 50.5 Å². The highest BCUT2D eigenvalue weighted by Crippen LogP contribution is 2.28. The van der Waals surface area contributed by atoms with Crippen LogP contribution >= 0.6 is 0 Å². The number of Topliss-reactive ketones (excluding diaryl/α,β-unsaturated/α-hetero) is 1. The van der Waals surface area contributed by atoms with Crippen LogP contribution in [0, 0.1) is 0 Å². The largest absolute Gasteiger partial charge is 0.382 e. The van der Waals surface area contributed by atoms with E-state index in [1.807, 2.05) is 36.4 Å². The van der Waals surface area contributed by atoms with E-state index in [9.17, 15) is 9.90 Å². The Labute approximate surface area is 125 Å². The SMILES string of the molecule is O=C(Cc1ccc2ccccc2n1)C1(O)CCCCCC1. The van der Waals surface area contributed by atoms with Gasteiger partial charge in [-0.2, -0.15) is 0 Å². The van der Waals surface area contributed by atoms with Crippen molar-refractivity contribution in [2.75, 3.05) is 0 Å². The van der Waals surface area contributed by atoms with Crippen LogP contribution in [0.5, 0.6) is 0 Å². The molecule has 1 aromatic carbocycles. The summed E-state index contributed by atoms with van der Waals surface area (Å²) in [4.78, 5) is 17.0. The summed E-state index contributed by atoms with van der Waals surface area (Å²) < 4.78 is 0. The molecule has 3 rings (SSSR count). The second kappa shape index (κ2) is 5.94. The average Bonchev–Trinajstić information content (AvgIpc) is 2.73. The molecule has 1 aliphatic rings. The number of carbonyl (C=O) groups is 1. The van der Waals surface area contributed by atoms with Crippen molar-refractivity contribution in [3.63, 3.8) is 0 Å². The minimum absolute atomic E-state index is 0.0767. The van der Waals surface area contributed by atoms with E-state index < -0.39 is 5.60 Å². The highest BCUT2D eigenvalue weighted by Gasteiger charge is 2.35. The van der Waals surface area contributed by atoms with E-state index in [-0.39, 0.29) is 12.2 Å². The maximum absolute atomic E-state index is 12.5. The molecule has 2 aromatic rings. The van der Waals surface area contributed by atoms with Crippen molar-refractivity contribution in [2.24, 2.45) is 0 Å². The summed E-state index contributed by atoms with van der Waals surface area (Å²) in [5, 5.41) is 11.7. The lowest BCUT2D eigenvalue weighted by Gasteiger charge is -2.24. The number of aromatic nitrogens is 1. The van der Waals surface area contributed by atoms with Gasteiger partial charge in [-0.1, -0.05) is 49.9 Å². The lowest BCUT2D eigenvalue weighted by molar-refractivity contribution is -0.138. The first-order valence-corrected chi connectivity index (χ1v) is 7.78. The van der Waals surface area contributed by atoms with Gasteiger partial charge in [0.1, 0.15) is 5.60 Å². The summed E-state index contributed by atoms with van der Waals surface area (Å²) in [5.41, 5.74) is 0.510. The van der Waals surface area contributed by atoms with Gasteiger partial charge < -0.3 is 5.11 Å². The van der Waals surface area contributed by atoms with Gasteiger partial charge in [-0.25, -0.2) is 0 Å². The second-order valence-electron chi connectivity index (χ2n) is 6.04. The molecule has 0 amide bonds. The molecular formula is C18H21NO2. The molecular weight excluding hydrogens is 262 g/mol. The fourth-order valence-electron chi connectivity index (χ4n) is 3.13. The first kappa shape index (κ1) is 14.2. The zero-order chi connectivity index (χ0) is 14.7. The van der Waals surface area contributed by atoms with Crippen molar-refractivity contribution >= 4 is 16.7 Å². The van der Waals surface area contributed by atoms with Crippen LogP contribution in [0.2, 0.25) is 0 Å². The topological polar surface area (TPSA) is 50.2 Å². The molecule has 0 bridgehead atoms. The Balaban J connectivity index is 1.78. The molecule has 0 aliphatic heterocycles. The van der Waals surface area contributed by atoms with Crippen LogP contribution in [0.25, 0.3) is 10.9 Å². The fourth-order valence-corrected chi connectivity index (χ4v) is 3.13. The maximum Gasteiger partial charge on any atom is 0.170 e. The van der Waals surface area contributed by atoms with Gasteiger partial charge in [-0.05, 0) is 25.0 Å². The van der Waals surface area contributed by atoms with Crippen molar-refractivity contribution in [1.29, 1.82) is 0 Å². The average molecular weight is 283 g/mol. The van der Waals surface area contributed by atoms with Gasteiger partial charge in [0.15, 0.2) is 5.78 Å². The van der Waals surface area contributed by atoms with Gasteiger partial charge in [0, 0.05) is 11.1 Å². The first-order valence-electron chi connectivity index (χ1n) is 7.78. The second-order valence-corrected chi connectivity index (χ2v) is 6.04. The van der Waals surface area contributed by atoms with Crippen LogP contribution in [0.1, 0.15) is 44.2 Å². The van der Waals surface area contributed by atoms with Crippen LogP contribution in [-0.4, -0.2) is 21.5 Å². The number of fused-ring (bicyclic) bond motifs is 1. The van der Waals surface area contributed by atoms with Crippen molar-refractivity contribution < 1.29 is 9.90 Å². The maximum atomic E-state index is 12.5. The number of rotatable bonds is 3. The Kier molecular flexibility index (Phi) is 4.02. The summed E-state index contributed by atoms with van der Waals surface area (Å²) in [6, 6.07) is 11.8. The summed E-state index contributed by atoms with van der Waals surface area (Å²) in [5.74, 6) is -0.0767. The van der Waals surface area contributed by atoms with Crippen molar-refractivity contribution in [3.8, 4) is 0 Å². The third kappa shape index (κ3) is 3.13. The number of ketones is 1. The number of pyridine rings is 1. The lowest BCUT2D eigenvalue weighted by atomic mass is 9.87. The molecule has 1 saturated carbocycles.